The number of ether oxygens (including phenoxy) is 6. The third-order valence-electron chi connectivity index (χ3n) is 9.35. The number of hydrogen-bond acceptors (Lipinski definition) is 20. The molecule has 4 unspecified atom stereocenters. The molecule has 22 heteroatoms. The summed E-state index contributed by atoms with van der Waals surface area (Å²) >= 11 is 0. The Balaban J connectivity index is 1.31. The van der Waals surface area contributed by atoms with E-state index in [0.717, 1.165) is 36.4 Å². The highest BCUT2D eigenvalue weighted by atomic mass is 16.7. The maximum Gasteiger partial charge on any atom is 0.402 e. The van der Waals surface area contributed by atoms with E-state index in [-0.39, 0.29) is 28.0 Å². The molecule has 0 amide bonds. The molecule has 10 atom stereocenters. The zero-order chi connectivity index (χ0) is 44.3. The fourth-order valence-electron chi connectivity index (χ4n) is 6.16. The van der Waals surface area contributed by atoms with E-state index >= 15 is 0 Å². The van der Waals surface area contributed by atoms with Gasteiger partial charge < -0.3 is 89.7 Å². The number of carbonyl (C=O) groups is 3. The number of phenols is 5. The maximum atomic E-state index is 12.5. The van der Waals surface area contributed by atoms with Crippen molar-refractivity contribution < 1.29 is 109 Å². The van der Waals surface area contributed by atoms with Crippen molar-refractivity contribution in [3.63, 3.8) is 0 Å². The van der Waals surface area contributed by atoms with Gasteiger partial charge in [0.2, 0.25) is 18.3 Å². The molecule has 2 aliphatic heterocycles. The van der Waals surface area contributed by atoms with Gasteiger partial charge >= 0.3 is 29.3 Å². The smallest absolute Gasteiger partial charge is 0.402 e. The number of aliphatic hydroxyl groups is 6. The van der Waals surface area contributed by atoms with Gasteiger partial charge in [0.25, 0.3) is 0 Å². The molecule has 22 nitrogen and oxygen atoms in total. The highest BCUT2D eigenvalue weighted by molar-refractivity contribution is 5.90. The lowest BCUT2D eigenvalue weighted by atomic mass is 9.99. The van der Waals surface area contributed by atoms with Gasteiger partial charge in [-0.15, -0.1) is 0 Å². The first-order valence-corrected chi connectivity index (χ1v) is 18.0. The van der Waals surface area contributed by atoms with Crippen molar-refractivity contribution in [2.24, 2.45) is 0 Å². The molecule has 2 fully saturated rings. The molecule has 2 saturated heterocycles. The second-order valence-corrected chi connectivity index (χ2v) is 13.7. The van der Waals surface area contributed by atoms with E-state index in [1.54, 1.807) is 0 Å². The summed E-state index contributed by atoms with van der Waals surface area (Å²) in [5, 5.41) is 124. The number of phenolic OH excluding ortho intramolecular Hbond substituents is 5. The van der Waals surface area contributed by atoms with Crippen LogP contribution in [0, 0.1) is 0 Å². The molecule has 12 N–H and O–H groups in total. The van der Waals surface area contributed by atoms with Crippen molar-refractivity contribution in [2.75, 3.05) is 13.2 Å². The van der Waals surface area contributed by atoms with Crippen molar-refractivity contribution in [2.45, 2.75) is 67.8 Å². The van der Waals surface area contributed by atoms with Crippen LogP contribution in [0.2, 0.25) is 0 Å². The number of aliphatic carboxylic acids is 1. The predicted octanol–water partition coefficient (Wildman–Crippen LogP) is -0.444. The van der Waals surface area contributed by atoms with Gasteiger partial charge in [-0.2, -0.15) is 0 Å². The first-order chi connectivity index (χ1) is 28.9. The van der Waals surface area contributed by atoms with Gasteiger partial charge in [0.05, 0.1) is 11.6 Å². The molecule has 6 rings (SSSR count). The summed E-state index contributed by atoms with van der Waals surface area (Å²) < 4.78 is 39.1. The number of benzene rings is 3. The molecule has 0 saturated carbocycles. The van der Waals surface area contributed by atoms with Crippen molar-refractivity contribution in [3.05, 3.63) is 66.2 Å². The summed E-state index contributed by atoms with van der Waals surface area (Å²) in [6.45, 7) is -1.47. The highest BCUT2D eigenvalue weighted by Gasteiger charge is 2.48. The zero-order valence-electron chi connectivity index (χ0n) is 31.2. The topological polar surface area (TPSA) is 361 Å². The predicted molar refractivity (Wildman–Crippen MR) is 199 cm³/mol. The molecule has 0 bridgehead atoms. The molecular formula is C39H39O22+. The number of carboxylic acids is 1. The van der Waals surface area contributed by atoms with E-state index in [2.05, 4.69) is 0 Å². The van der Waals surface area contributed by atoms with Crippen LogP contribution < -0.4 is 9.47 Å². The monoisotopic (exact) mass is 859 g/mol. The Morgan fingerprint density at radius 1 is 0.656 bits per heavy atom. The summed E-state index contributed by atoms with van der Waals surface area (Å²) in [4.78, 5) is 35.2. The van der Waals surface area contributed by atoms with E-state index in [1.165, 1.54) is 30.3 Å². The lowest BCUT2D eigenvalue weighted by molar-refractivity contribution is -0.278. The molecule has 326 valence electrons. The lowest BCUT2D eigenvalue weighted by Gasteiger charge is -2.40. The molecule has 1 aromatic heterocycles. The number of aliphatic hydroxyl groups excluding tert-OH is 6. The van der Waals surface area contributed by atoms with Crippen LogP contribution in [-0.2, 0) is 33.3 Å². The van der Waals surface area contributed by atoms with E-state index in [1.807, 2.05) is 0 Å². The highest BCUT2D eigenvalue weighted by Crippen LogP contribution is 2.45. The quantitative estimate of drug-likeness (QED) is 0.0266. The average Bonchev–Trinajstić information content (AvgIpc) is 3.21. The van der Waals surface area contributed by atoms with Crippen LogP contribution in [0.5, 0.6) is 40.2 Å². The first kappa shape index (κ1) is 44.1. The van der Waals surface area contributed by atoms with Crippen molar-refractivity contribution >= 4 is 35.0 Å². The lowest BCUT2D eigenvalue weighted by Crippen LogP contribution is -2.60. The maximum absolute atomic E-state index is 12.5. The SMILES string of the molecule is O=C(O)CC(=O)OCC1O[C@@H](Oc2cc(O)cc3[o+]c(-c4cc(O)c(O)c(O)c4)c(O[C@@H]4OC(COC(=O)/C=C\c5ccc(O)cc5)[C@@H](O)[C@H](O)C4O)cc23)C(O)[C@@H](O)[C@@H]1O. The second kappa shape index (κ2) is 18.4. The van der Waals surface area contributed by atoms with Gasteiger partial charge in [0, 0.05) is 30.3 Å². The van der Waals surface area contributed by atoms with E-state index in [4.69, 9.17) is 37.9 Å². The van der Waals surface area contributed by atoms with Crippen molar-refractivity contribution in [3.8, 4) is 51.6 Å². The van der Waals surface area contributed by atoms with Gasteiger partial charge in [-0.3, -0.25) is 9.59 Å². The molecule has 4 aromatic rings. The van der Waals surface area contributed by atoms with Crippen molar-refractivity contribution in [1.29, 1.82) is 0 Å². The number of hydrogen-bond donors (Lipinski definition) is 12. The van der Waals surface area contributed by atoms with Crippen molar-refractivity contribution in [1.82, 2.24) is 0 Å². The van der Waals surface area contributed by atoms with Crippen LogP contribution in [0.3, 0.4) is 0 Å². The zero-order valence-corrected chi connectivity index (χ0v) is 31.2. The largest absolute Gasteiger partial charge is 0.508 e. The fourth-order valence-corrected chi connectivity index (χ4v) is 6.16. The molecule has 0 spiro atoms. The third-order valence-corrected chi connectivity index (χ3v) is 9.35. The van der Waals surface area contributed by atoms with Gasteiger partial charge in [0.15, 0.2) is 17.2 Å². The molecule has 3 aromatic carbocycles. The Hall–Kier alpha value is -6.50. The van der Waals surface area contributed by atoms with Crippen LogP contribution >= 0.6 is 0 Å². The molecule has 3 heterocycles. The van der Waals surface area contributed by atoms with E-state index in [0.29, 0.717) is 5.56 Å². The summed E-state index contributed by atoms with van der Waals surface area (Å²) in [5.74, 6) is -7.96. The molecule has 0 aliphatic carbocycles. The Kier molecular flexibility index (Phi) is 13.3. The normalized spacial score (nSPS) is 26.5. The number of esters is 2. The molecule has 0 radical (unpaired) electrons. The molecule has 2 aliphatic rings. The summed E-state index contributed by atoms with van der Waals surface area (Å²) in [6, 6.07) is 10.9. The Morgan fingerprint density at radius 2 is 1.21 bits per heavy atom. The average molecular weight is 860 g/mol. The fraction of sp³-hybridized carbons (Fsp3) is 0.333. The standard InChI is InChI=1S/C39H38O22/c40-17-4-1-15(2-5-17)3-6-28(46)55-13-25-31(49)34(52)36(54)39(61-25)59-24-11-19-22(57-37(24)16-7-20(42)30(48)21(43)8-16)9-18(41)10-23(19)58-38-35(53)33(51)32(50)26(60-38)14-56-29(47)12-27(44)45/h1-11,25-26,31-36,38-39,49-54H,12-14H2,(H5-,40,41,42,43,44,45,46,48)/p+1/t25?,26?,31-,32-,33+,34+,35?,36?,38-,39-/m1/s1. The number of fused-ring (bicyclic) bond motifs is 1. The van der Waals surface area contributed by atoms with Gasteiger partial charge in [-0.25, -0.2) is 9.21 Å². The van der Waals surface area contributed by atoms with Crippen LogP contribution in [-0.4, -0.2) is 154 Å². The van der Waals surface area contributed by atoms with Crippen LogP contribution in [0.1, 0.15) is 12.0 Å². The van der Waals surface area contributed by atoms with Gasteiger partial charge in [0.1, 0.15) is 91.1 Å². The molecule has 61 heavy (non-hydrogen) atoms. The number of carbonyl (C=O) groups excluding carboxylic acids is 2. The van der Waals surface area contributed by atoms with Crippen LogP contribution in [0.4, 0.5) is 0 Å². The molecular weight excluding hydrogens is 820 g/mol. The summed E-state index contributed by atoms with van der Waals surface area (Å²) in [6.07, 6.45) is -17.2. The number of aromatic hydroxyl groups is 5. The van der Waals surface area contributed by atoms with E-state index in [9.17, 15) is 70.6 Å². The third kappa shape index (κ3) is 10.1. The summed E-state index contributed by atoms with van der Waals surface area (Å²) in [7, 11) is 0. The Labute approximate surface area is 342 Å². The Bertz CT molecular complexity index is 2250. The number of rotatable bonds is 13. The van der Waals surface area contributed by atoms with Gasteiger partial charge in [-0.1, -0.05) is 12.1 Å². The van der Waals surface area contributed by atoms with E-state index < -0.39 is 133 Å². The number of carboxylic acid groups (broad SMARTS) is 1. The van der Waals surface area contributed by atoms with Gasteiger partial charge in [-0.05, 0) is 23.8 Å². The minimum atomic E-state index is -2.02. The van der Waals surface area contributed by atoms with Crippen LogP contribution in [0.15, 0.2) is 65.1 Å². The first-order valence-electron chi connectivity index (χ1n) is 18.0. The summed E-state index contributed by atoms with van der Waals surface area (Å²) in [5.41, 5.74) is 0.0857. The minimum absolute atomic E-state index is 0.00234. The Morgan fingerprint density at radius 3 is 1.79 bits per heavy atom. The minimum Gasteiger partial charge on any atom is -0.508 e. The van der Waals surface area contributed by atoms with Crippen LogP contribution in [0.25, 0.3) is 28.4 Å². The second-order valence-electron chi connectivity index (χ2n) is 13.7.